The van der Waals surface area contributed by atoms with Crippen LogP contribution in [0.4, 0.5) is 0 Å². The van der Waals surface area contributed by atoms with Crippen LogP contribution < -0.4 is 10.6 Å². The Bertz CT molecular complexity index is 752. The molecule has 4 rings (SSSR count). The molecule has 2 atom stereocenters. The first-order chi connectivity index (χ1) is 14.9. The van der Waals surface area contributed by atoms with E-state index in [-0.39, 0.29) is 22.2 Å². The van der Waals surface area contributed by atoms with E-state index < -0.39 is 15.7 Å². The monoisotopic (exact) mass is 501 g/mol. The van der Waals surface area contributed by atoms with Crippen molar-refractivity contribution in [2.45, 2.75) is 38.5 Å². The summed E-state index contributed by atoms with van der Waals surface area (Å²) in [4.78, 5) is 0. The predicted molar refractivity (Wildman–Crippen MR) is 137 cm³/mol. The molecule has 0 spiro atoms. The minimum absolute atomic E-state index is 0. The maximum absolute atomic E-state index is 13.1. The van der Waals surface area contributed by atoms with Gasteiger partial charge in [0.15, 0.2) is 5.16 Å². The first-order valence-corrected chi connectivity index (χ1v) is 13.4. The van der Waals surface area contributed by atoms with Crippen LogP contribution in [-0.4, -0.2) is 10.8 Å². The van der Waals surface area contributed by atoms with Gasteiger partial charge in [-0.15, -0.1) is 0 Å². The zero-order chi connectivity index (χ0) is 22.3. The van der Waals surface area contributed by atoms with Crippen molar-refractivity contribution < 1.29 is 21.6 Å². The van der Waals surface area contributed by atoms with Crippen LogP contribution in [-0.2, 0) is 21.6 Å². The summed E-state index contributed by atoms with van der Waals surface area (Å²) in [7, 11) is -2.00. The fourth-order valence-corrected chi connectivity index (χ4v) is 7.79. The quantitative estimate of drug-likeness (QED) is 0.322. The van der Waals surface area contributed by atoms with Crippen molar-refractivity contribution in [2.24, 2.45) is 0 Å². The Morgan fingerprint density at radius 1 is 0.719 bits per heavy atom. The Morgan fingerprint density at radius 3 is 1.56 bits per heavy atom. The minimum Gasteiger partial charge on any atom is -0.0733 e. The molecule has 0 heterocycles. The third kappa shape index (κ3) is 7.50. The Morgan fingerprint density at radius 2 is 1.16 bits per heavy atom. The van der Waals surface area contributed by atoms with Gasteiger partial charge < -0.3 is 0 Å². The van der Waals surface area contributed by atoms with Crippen LogP contribution in [0.2, 0.25) is 0 Å². The molecule has 2 saturated carbocycles. The zero-order valence-corrected chi connectivity index (χ0v) is 22.0. The zero-order valence-electron chi connectivity index (χ0n) is 19.1. The molecule has 0 amide bonds. The van der Waals surface area contributed by atoms with Crippen molar-refractivity contribution >= 4 is 26.3 Å². The average Bonchev–Trinajstić information content (AvgIpc) is 3.49. The summed E-state index contributed by atoms with van der Waals surface area (Å²) in [6.45, 7) is 8.47. The van der Waals surface area contributed by atoms with Gasteiger partial charge in [-0.25, -0.2) is 0 Å². The van der Waals surface area contributed by atoms with Crippen molar-refractivity contribution in [1.82, 2.24) is 0 Å². The molecule has 4 heteroatoms. The van der Waals surface area contributed by atoms with Crippen LogP contribution in [0.5, 0.6) is 0 Å². The first kappa shape index (κ1) is 27.7. The molecular formula is C28H31FeOP2+. The number of hydrogen-bond donors (Lipinski definition) is 0. The van der Waals surface area contributed by atoms with Gasteiger partial charge in [0.05, 0.1) is 0 Å². The first-order valence-electron chi connectivity index (χ1n) is 10.7. The molecule has 0 bridgehead atoms. The molecule has 2 aromatic rings. The van der Waals surface area contributed by atoms with Gasteiger partial charge in [0.2, 0.25) is 5.66 Å². The smallest absolute Gasteiger partial charge is 0.0733 e. The van der Waals surface area contributed by atoms with Crippen molar-refractivity contribution in [3.63, 3.8) is 0 Å². The van der Waals surface area contributed by atoms with E-state index >= 15 is 0 Å². The topological polar surface area (TPSA) is 17.1 Å². The molecule has 0 N–H and O–H groups in total. The normalized spacial score (nSPS) is 18.6. The molecule has 1 nitrogen and oxygen atoms in total. The van der Waals surface area contributed by atoms with E-state index in [1.165, 1.54) is 16.5 Å². The molecule has 0 saturated heterocycles. The summed E-state index contributed by atoms with van der Waals surface area (Å²) in [5, 5.41) is 2.50. The second-order valence-electron chi connectivity index (χ2n) is 8.51. The van der Waals surface area contributed by atoms with Crippen molar-refractivity contribution in [2.75, 3.05) is 0 Å². The Balaban J connectivity index is 0.000000534. The van der Waals surface area contributed by atoms with Crippen molar-refractivity contribution in [1.29, 1.82) is 0 Å². The van der Waals surface area contributed by atoms with Crippen LogP contribution in [0.1, 0.15) is 27.7 Å². The number of hydrogen-bond acceptors (Lipinski definition) is 1. The molecule has 2 aliphatic rings. The van der Waals surface area contributed by atoms with Gasteiger partial charge in [0, 0.05) is 29.4 Å². The van der Waals surface area contributed by atoms with Crippen LogP contribution in [0.3, 0.4) is 0 Å². The largest absolute Gasteiger partial charge is 0.356 e. The molecular weight excluding hydrogens is 470 g/mol. The fraction of sp³-hybridized carbons (Fsp3) is 0.214. The molecule has 2 aliphatic carbocycles. The Hall–Kier alpha value is -0.511. The standard InChI is InChI=1S/C23H26OP2.C5H5.Fe/c1-18(21-16-11-17-22(21)26(24)23(2,3)4)25(19-12-7-5-8-13-19)20-14-9-6-10-15-20;1-2-4-5-3-1;/h5-18H,1-4H3;1-5H;/q+1;;/t18-;;/m1../s1. The maximum Gasteiger partial charge on any atom is 0.356 e. The van der Waals surface area contributed by atoms with Gasteiger partial charge >= 0.3 is 7.80 Å². The molecule has 10 radical (unpaired) electrons. The minimum atomic E-state index is -1.44. The van der Waals surface area contributed by atoms with Gasteiger partial charge in [-0.2, -0.15) is 0 Å². The van der Waals surface area contributed by atoms with Gasteiger partial charge in [0.25, 0.3) is 0 Å². The number of rotatable bonds is 5. The summed E-state index contributed by atoms with van der Waals surface area (Å²) in [5.41, 5.74) is 1.33. The predicted octanol–water partition coefficient (Wildman–Crippen LogP) is 6.89. The van der Waals surface area contributed by atoms with Crippen LogP contribution >= 0.6 is 15.7 Å². The van der Waals surface area contributed by atoms with E-state index in [0.29, 0.717) is 5.66 Å². The van der Waals surface area contributed by atoms with Crippen molar-refractivity contribution in [3.05, 3.63) is 124 Å². The second kappa shape index (κ2) is 13.4. The van der Waals surface area contributed by atoms with E-state index in [1.807, 2.05) is 32.1 Å². The number of benzene rings is 2. The van der Waals surface area contributed by atoms with Crippen LogP contribution in [0, 0.1) is 62.9 Å². The van der Waals surface area contributed by atoms with Gasteiger partial charge in [0.1, 0.15) is 0 Å². The molecule has 2 fully saturated rings. The molecule has 1 unspecified atom stereocenters. The fourth-order valence-electron chi connectivity index (χ4n) is 3.56. The molecule has 166 valence electrons. The van der Waals surface area contributed by atoms with Gasteiger partial charge in [-0.05, 0) is 89.9 Å². The van der Waals surface area contributed by atoms with E-state index in [1.54, 1.807) is 0 Å². The summed E-state index contributed by atoms with van der Waals surface area (Å²) in [6, 6.07) is 21.5. The van der Waals surface area contributed by atoms with Crippen molar-refractivity contribution in [3.8, 4) is 0 Å². The van der Waals surface area contributed by atoms with Gasteiger partial charge in [-0.1, -0.05) is 72.2 Å². The van der Waals surface area contributed by atoms with Gasteiger partial charge in [-0.3, -0.25) is 0 Å². The Kier molecular flexibility index (Phi) is 11.6. The summed E-state index contributed by atoms with van der Waals surface area (Å²) >= 11 is 0. The maximum atomic E-state index is 13.1. The van der Waals surface area contributed by atoms with E-state index in [9.17, 15) is 4.57 Å². The Labute approximate surface area is 209 Å². The van der Waals surface area contributed by atoms with E-state index in [4.69, 9.17) is 0 Å². The summed E-state index contributed by atoms with van der Waals surface area (Å²) < 4.78 is 13.1. The summed E-state index contributed by atoms with van der Waals surface area (Å²) in [6.07, 6.45) is 16.3. The third-order valence-corrected chi connectivity index (χ3v) is 9.94. The molecule has 2 aromatic carbocycles. The third-order valence-electron chi connectivity index (χ3n) is 5.12. The summed E-state index contributed by atoms with van der Waals surface area (Å²) in [5.74, 6) is 1.24. The van der Waals surface area contributed by atoms with E-state index in [0.717, 1.165) is 5.66 Å². The van der Waals surface area contributed by atoms with E-state index in [2.05, 4.69) is 108 Å². The molecule has 0 aromatic heterocycles. The SMILES string of the molecule is C[C@H]([C]1[CH][CH][CH][C]1[P+](=O)C(C)(C)C)P(c1ccccc1)c1ccccc1.[CH]1[CH][CH][CH][CH]1.[Fe]. The van der Waals surface area contributed by atoms with Crippen LogP contribution in [0.15, 0.2) is 60.7 Å². The molecule has 32 heavy (non-hydrogen) atoms. The average molecular weight is 501 g/mol. The molecule has 0 aliphatic heterocycles. The second-order valence-corrected chi connectivity index (χ2v) is 13.5. The van der Waals surface area contributed by atoms with Crippen LogP contribution in [0.25, 0.3) is 0 Å².